The molecule has 3 rings (SSSR count). The van der Waals surface area contributed by atoms with E-state index in [1.807, 2.05) is 20.8 Å². The second kappa shape index (κ2) is 13.4. The van der Waals surface area contributed by atoms with Crippen LogP contribution >= 0.6 is 11.6 Å². The van der Waals surface area contributed by atoms with Crippen LogP contribution in [0.25, 0.3) is 0 Å². The summed E-state index contributed by atoms with van der Waals surface area (Å²) in [4.78, 5) is 41.3. The number of hydrogen-bond acceptors (Lipinski definition) is 6. The number of amides is 2. The summed E-state index contributed by atoms with van der Waals surface area (Å²) in [6, 6.07) is 10.2. The molecule has 2 aromatic rings. The van der Waals surface area contributed by atoms with Gasteiger partial charge < -0.3 is 29.5 Å². The third kappa shape index (κ3) is 7.67. The van der Waals surface area contributed by atoms with E-state index in [9.17, 15) is 24.6 Å². The lowest BCUT2D eigenvalue weighted by molar-refractivity contribution is -0.146. The maximum atomic E-state index is 13.8. The Kier molecular flexibility index (Phi) is 10.4. The molecule has 2 N–H and O–H groups in total. The van der Waals surface area contributed by atoms with Gasteiger partial charge in [-0.25, -0.2) is 0 Å². The Morgan fingerprint density at radius 2 is 1.75 bits per heavy atom. The molecule has 1 fully saturated rings. The van der Waals surface area contributed by atoms with Gasteiger partial charge in [0.2, 0.25) is 11.8 Å². The third-order valence-corrected chi connectivity index (χ3v) is 7.11. The van der Waals surface area contributed by atoms with E-state index in [0.717, 1.165) is 0 Å². The number of carbonyl (C=O) groups is 3. The molecule has 0 bridgehead atoms. The fraction of sp³-hybridized carbons (Fsp3) is 0.500. The van der Waals surface area contributed by atoms with Gasteiger partial charge in [-0.1, -0.05) is 50.6 Å². The van der Waals surface area contributed by atoms with E-state index in [2.05, 4.69) is 0 Å². The van der Waals surface area contributed by atoms with Crippen LogP contribution in [0, 0.1) is 11.3 Å². The molecule has 1 aliphatic heterocycles. The Bertz CT molecular complexity index is 1230. The highest BCUT2D eigenvalue weighted by atomic mass is 35.5. The van der Waals surface area contributed by atoms with Gasteiger partial charge in [0.1, 0.15) is 17.6 Å². The molecule has 10 heteroatoms. The van der Waals surface area contributed by atoms with Crippen molar-refractivity contribution in [2.75, 3.05) is 38.8 Å². The van der Waals surface area contributed by atoms with Gasteiger partial charge in [0.15, 0.2) is 0 Å². The first kappa shape index (κ1) is 31.2. The molecule has 0 saturated carbocycles. The second-order valence-electron chi connectivity index (χ2n) is 11.2. The summed E-state index contributed by atoms with van der Waals surface area (Å²) in [7, 11) is 2.98. The summed E-state index contributed by atoms with van der Waals surface area (Å²) >= 11 is 6.43. The number of carbonyl (C=O) groups excluding carboxylic acids is 2. The SMILES string of the molecule is COc1ccccc1[C@H](O)c1cc(Cl)cc(OC)c1N(CC(C)(C)C)C(=O)CCC(=O)N1CCC[C@H](C(=O)O)C1. The van der Waals surface area contributed by atoms with Crippen LogP contribution in [-0.2, 0) is 14.4 Å². The topological polar surface area (TPSA) is 117 Å². The number of piperidine rings is 1. The minimum Gasteiger partial charge on any atom is -0.496 e. The molecule has 1 saturated heterocycles. The number of rotatable bonds is 10. The molecule has 218 valence electrons. The van der Waals surface area contributed by atoms with Crippen molar-refractivity contribution in [1.29, 1.82) is 0 Å². The quantitative estimate of drug-likeness (QED) is 0.413. The van der Waals surface area contributed by atoms with E-state index in [0.29, 0.717) is 52.7 Å². The van der Waals surface area contributed by atoms with Crippen LogP contribution in [0.15, 0.2) is 36.4 Å². The van der Waals surface area contributed by atoms with Crippen molar-refractivity contribution < 1.29 is 34.1 Å². The van der Waals surface area contributed by atoms with Gasteiger partial charge in [0.25, 0.3) is 0 Å². The average molecular weight is 575 g/mol. The number of para-hydroxylation sites is 1. The number of aliphatic hydroxyl groups excluding tert-OH is 1. The van der Waals surface area contributed by atoms with E-state index in [1.165, 1.54) is 19.1 Å². The molecular weight excluding hydrogens is 536 g/mol. The number of carboxylic acids is 1. The number of nitrogens with zero attached hydrogens (tertiary/aromatic N) is 2. The Hall–Kier alpha value is -3.30. The number of carboxylic acid groups (broad SMARTS) is 1. The largest absolute Gasteiger partial charge is 0.496 e. The predicted octanol–water partition coefficient (Wildman–Crippen LogP) is 4.92. The molecule has 0 unspecified atom stereocenters. The zero-order valence-corrected chi connectivity index (χ0v) is 24.5. The molecule has 9 nitrogen and oxygen atoms in total. The molecule has 2 amide bonds. The summed E-state index contributed by atoms with van der Waals surface area (Å²) in [5.41, 5.74) is 0.866. The summed E-state index contributed by atoms with van der Waals surface area (Å²) in [6.07, 6.45) is -0.216. The van der Waals surface area contributed by atoms with Crippen molar-refractivity contribution >= 4 is 35.1 Å². The second-order valence-corrected chi connectivity index (χ2v) is 11.7. The lowest BCUT2D eigenvalue weighted by atomic mass is 9.93. The van der Waals surface area contributed by atoms with Gasteiger partial charge >= 0.3 is 5.97 Å². The summed E-state index contributed by atoms with van der Waals surface area (Å²) in [6.45, 7) is 6.84. The third-order valence-electron chi connectivity index (χ3n) is 6.90. The number of aliphatic carboxylic acids is 1. The number of anilines is 1. The van der Waals surface area contributed by atoms with Gasteiger partial charge in [0, 0.05) is 54.7 Å². The number of methoxy groups -OCH3 is 2. The Morgan fingerprint density at radius 1 is 1.07 bits per heavy atom. The Morgan fingerprint density at radius 3 is 2.38 bits per heavy atom. The number of hydrogen-bond donors (Lipinski definition) is 2. The fourth-order valence-corrected chi connectivity index (χ4v) is 5.20. The maximum absolute atomic E-state index is 13.8. The monoisotopic (exact) mass is 574 g/mol. The van der Waals surface area contributed by atoms with E-state index in [1.54, 1.807) is 41.3 Å². The zero-order valence-electron chi connectivity index (χ0n) is 23.8. The highest BCUT2D eigenvalue weighted by Gasteiger charge is 2.32. The number of aliphatic hydroxyl groups is 1. The molecule has 0 aromatic heterocycles. The van der Waals surface area contributed by atoms with E-state index < -0.39 is 18.0 Å². The van der Waals surface area contributed by atoms with E-state index in [-0.39, 0.29) is 43.2 Å². The van der Waals surface area contributed by atoms with Crippen LogP contribution < -0.4 is 14.4 Å². The van der Waals surface area contributed by atoms with E-state index >= 15 is 0 Å². The smallest absolute Gasteiger partial charge is 0.308 e. The standard InChI is InChI=1S/C30H39ClN2O7/c1-30(2,3)18-33(26(35)13-12-25(34)32-14-8-9-19(17-32)29(37)38)27-22(15-20(31)16-24(27)40-5)28(36)21-10-6-7-11-23(21)39-4/h6-7,10-11,15-16,19,28,36H,8-9,12-14,17-18H2,1-5H3,(H,37,38)/t19-,28-/m0/s1. The molecular formula is C30H39ClN2O7. The summed E-state index contributed by atoms with van der Waals surface area (Å²) in [5, 5.41) is 21.3. The van der Waals surface area contributed by atoms with Crippen molar-refractivity contribution in [2.45, 2.75) is 52.6 Å². The van der Waals surface area contributed by atoms with Gasteiger partial charge in [-0.05, 0) is 30.4 Å². The fourth-order valence-electron chi connectivity index (χ4n) is 4.99. The number of benzene rings is 2. The van der Waals surface area contributed by atoms with Crippen LogP contribution in [-0.4, -0.2) is 66.8 Å². The molecule has 1 aliphatic rings. The van der Waals surface area contributed by atoms with Crippen LogP contribution in [0.5, 0.6) is 11.5 Å². The van der Waals surface area contributed by atoms with Gasteiger partial charge in [0.05, 0.1) is 25.8 Å². The molecule has 2 aromatic carbocycles. The van der Waals surface area contributed by atoms with Crippen molar-refractivity contribution in [2.24, 2.45) is 11.3 Å². The van der Waals surface area contributed by atoms with Gasteiger partial charge in [-0.3, -0.25) is 14.4 Å². The Balaban J connectivity index is 1.98. The molecule has 40 heavy (non-hydrogen) atoms. The molecule has 1 heterocycles. The lowest BCUT2D eigenvalue weighted by Crippen LogP contribution is -2.43. The Labute approximate surface area is 240 Å². The van der Waals surface area contributed by atoms with Crippen LogP contribution in [0.1, 0.15) is 63.7 Å². The first-order valence-electron chi connectivity index (χ1n) is 13.4. The van der Waals surface area contributed by atoms with E-state index in [4.69, 9.17) is 21.1 Å². The van der Waals surface area contributed by atoms with Gasteiger partial charge in [-0.15, -0.1) is 0 Å². The highest BCUT2D eigenvalue weighted by molar-refractivity contribution is 6.31. The highest BCUT2D eigenvalue weighted by Crippen LogP contribution is 2.43. The minimum atomic E-state index is -1.20. The van der Waals surface area contributed by atoms with Crippen molar-refractivity contribution in [3.8, 4) is 11.5 Å². The molecule has 0 aliphatic carbocycles. The first-order chi connectivity index (χ1) is 18.9. The minimum absolute atomic E-state index is 0.0634. The number of likely N-dealkylation sites (tertiary alicyclic amines) is 1. The van der Waals surface area contributed by atoms with Crippen molar-refractivity contribution in [1.82, 2.24) is 4.90 Å². The number of ether oxygens (including phenoxy) is 2. The summed E-state index contributed by atoms with van der Waals surface area (Å²) < 4.78 is 11.1. The van der Waals surface area contributed by atoms with Crippen molar-refractivity contribution in [3.05, 3.63) is 52.5 Å². The average Bonchev–Trinajstić information content (AvgIpc) is 2.93. The molecule has 0 radical (unpaired) electrons. The molecule has 2 atom stereocenters. The number of halogens is 1. The predicted molar refractivity (Wildman–Crippen MR) is 153 cm³/mol. The van der Waals surface area contributed by atoms with Crippen LogP contribution in [0.2, 0.25) is 5.02 Å². The summed E-state index contributed by atoms with van der Waals surface area (Å²) in [5.74, 6) is -1.32. The normalized spacial score (nSPS) is 16.3. The lowest BCUT2D eigenvalue weighted by Gasteiger charge is -2.34. The maximum Gasteiger partial charge on any atom is 0.308 e. The van der Waals surface area contributed by atoms with Gasteiger partial charge in [-0.2, -0.15) is 0 Å². The van der Waals surface area contributed by atoms with Crippen molar-refractivity contribution in [3.63, 3.8) is 0 Å². The zero-order chi connectivity index (χ0) is 29.6. The first-order valence-corrected chi connectivity index (χ1v) is 13.7. The van der Waals surface area contributed by atoms with Crippen LogP contribution in [0.4, 0.5) is 5.69 Å². The molecule has 0 spiro atoms. The van der Waals surface area contributed by atoms with Crippen LogP contribution in [0.3, 0.4) is 0 Å².